The number of rotatable bonds is 19. The summed E-state index contributed by atoms with van der Waals surface area (Å²) in [7, 11) is 0. The number of hydrogen-bond donors (Lipinski definition) is 0. The molecule has 0 aliphatic carbocycles. The molecule has 282 valence electrons. The third-order valence-corrected chi connectivity index (χ3v) is 7.30. The van der Waals surface area contributed by atoms with Crippen LogP contribution in [0.5, 0.6) is 5.75 Å². The summed E-state index contributed by atoms with van der Waals surface area (Å²) < 4.78 is 39.6. The van der Waals surface area contributed by atoms with E-state index in [0.717, 1.165) is 27.7 Å². The van der Waals surface area contributed by atoms with Gasteiger partial charge in [0.05, 0.1) is 11.6 Å². The number of allylic oxidation sites excluding steroid dienone is 1. The van der Waals surface area contributed by atoms with Crippen LogP contribution in [0.15, 0.2) is 24.3 Å². The molecular formula is C33H40Cl2O16. The number of carbonyl (C=O) groups excluding carboxylic acids is 8. The monoisotopic (exact) mass is 762 g/mol. The fourth-order valence-electron chi connectivity index (χ4n) is 3.44. The number of ketones is 1. The molecule has 18 heteroatoms. The highest BCUT2D eigenvalue weighted by atomic mass is 35.5. The lowest BCUT2D eigenvalue weighted by molar-refractivity contribution is -0.188. The molecule has 0 bridgehead atoms. The van der Waals surface area contributed by atoms with Gasteiger partial charge in [-0.05, 0) is 72.6 Å². The maximum absolute atomic E-state index is 12.4. The second-order valence-corrected chi connectivity index (χ2v) is 11.3. The molecule has 1 aromatic rings. The Morgan fingerprint density at radius 3 is 1.33 bits per heavy atom. The van der Waals surface area contributed by atoms with E-state index in [1.807, 2.05) is 0 Å². The smallest absolute Gasteiger partial charge is 0.347 e. The van der Waals surface area contributed by atoms with Gasteiger partial charge >= 0.3 is 41.8 Å². The van der Waals surface area contributed by atoms with Crippen molar-refractivity contribution in [1.29, 1.82) is 0 Å². The number of hydrogen-bond acceptors (Lipinski definition) is 16. The van der Waals surface area contributed by atoms with Crippen molar-refractivity contribution in [1.82, 2.24) is 0 Å². The molecule has 0 aromatic heterocycles. The Bertz CT molecular complexity index is 1510. The zero-order valence-electron chi connectivity index (χ0n) is 29.2. The van der Waals surface area contributed by atoms with Gasteiger partial charge in [0, 0.05) is 5.56 Å². The van der Waals surface area contributed by atoms with E-state index < -0.39 is 90.8 Å². The van der Waals surface area contributed by atoms with Crippen molar-refractivity contribution in [3.8, 4) is 5.75 Å². The number of halogens is 2. The highest BCUT2D eigenvalue weighted by molar-refractivity contribution is 6.45. The molecular weight excluding hydrogens is 723 g/mol. The fourth-order valence-corrected chi connectivity index (χ4v) is 3.90. The first-order valence-electron chi connectivity index (χ1n) is 15.5. The van der Waals surface area contributed by atoms with Crippen LogP contribution >= 0.6 is 23.2 Å². The minimum atomic E-state index is -1.59. The average Bonchev–Trinajstić information content (AvgIpc) is 3.07. The van der Waals surface area contributed by atoms with E-state index in [2.05, 4.69) is 6.58 Å². The summed E-state index contributed by atoms with van der Waals surface area (Å²) in [6.07, 6.45) is -8.59. The molecule has 0 aliphatic rings. The third-order valence-electron chi connectivity index (χ3n) is 6.44. The Morgan fingerprint density at radius 1 is 0.588 bits per heavy atom. The predicted molar refractivity (Wildman–Crippen MR) is 176 cm³/mol. The Balaban J connectivity index is 2.58. The van der Waals surface area contributed by atoms with Crippen molar-refractivity contribution in [2.75, 3.05) is 13.2 Å². The molecule has 0 saturated heterocycles. The lowest BCUT2D eigenvalue weighted by Gasteiger charge is -2.20. The van der Waals surface area contributed by atoms with E-state index in [1.54, 1.807) is 13.8 Å². The van der Waals surface area contributed by atoms with Crippen LogP contribution in [0.1, 0.15) is 72.2 Å². The van der Waals surface area contributed by atoms with Crippen molar-refractivity contribution in [3.63, 3.8) is 0 Å². The second-order valence-electron chi connectivity index (χ2n) is 10.6. The van der Waals surface area contributed by atoms with E-state index in [0.29, 0.717) is 12.0 Å². The first-order chi connectivity index (χ1) is 23.7. The Kier molecular flexibility index (Phi) is 18.1. The summed E-state index contributed by atoms with van der Waals surface area (Å²) >= 11 is 12.4. The molecule has 1 aromatic carbocycles. The molecule has 0 spiro atoms. The summed E-state index contributed by atoms with van der Waals surface area (Å²) in [6.45, 7) is 13.3. The largest absolute Gasteiger partial charge is 0.480 e. The molecule has 0 saturated carbocycles. The van der Waals surface area contributed by atoms with Gasteiger partial charge in [0.15, 0.2) is 49.0 Å². The molecule has 1 rings (SSSR count). The maximum atomic E-state index is 12.4. The molecule has 51 heavy (non-hydrogen) atoms. The average molecular weight is 764 g/mol. The highest BCUT2D eigenvalue weighted by Crippen LogP contribution is 2.35. The van der Waals surface area contributed by atoms with E-state index in [9.17, 15) is 38.4 Å². The van der Waals surface area contributed by atoms with E-state index in [4.69, 9.17) is 61.1 Å². The summed E-state index contributed by atoms with van der Waals surface area (Å²) in [6, 6.07) is 2.68. The van der Waals surface area contributed by atoms with E-state index >= 15 is 0 Å². The minimum Gasteiger partial charge on any atom is -0.480 e. The quantitative estimate of drug-likeness (QED) is 0.0851. The first kappa shape index (κ1) is 44.3. The van der Waals surface area contributed by atoms with Crippen molar-refractivity contribution in [2.24, 2.45) is 0 Å². The lowest BCUT2D eigenvalue weighted by atomic mass is 10.0. The van der Waals surface area contributed by atoms with Gasteiger partial charge in [-0.3, -0.25) is 4.79 Å². The summed E-state index contributed by atoms with van der Waals surface area (Å²) in [4.78, 5) is 97.9. The number of Topliss-reactive ketones (excluding diaryl/α,β-unsaturated/α-hetero) is 1. The molecule has 0 aliphatic heterocycles. The number of carbonyl (C=O) groups is 8. The van der Waals surface area contributed by atoms with Gasteiger partial charge in [-0.15, -0.1) is 0 Å². The third kappa shape index (κ3) is 13.9. The molecule has 0 unspecified atom stereocenters. The van der Waals surface area contributed by atoms with Gasteiger partial charge in [-0.2, -0.15) is 0 Å². The molecule has 0 fully saturated rings. The van der Waals surface area contributed by atoms with Crippen LogP contribution in [0.25, 0.3) is 0 Å². The molecule has 6 atom stereocenters. The maximum Gasteiger partial charge on any atom is 0.347 e. The van der Waals surface area contributed by atoms with Crippen molar-refractivity contribution in [2.45, 2.75) is 98.4 Å². The number of esters is 7. The van der Waals surface area contributed by atoms with Crippen LogP contribution in [0.3, 0.4) is 0 Å². The number of benzene rings is 1. The fraction of sp³-hybridized carbons (Fsp3) is 0.515. The molecule has 0 radical (unpaired) electrons. The van der Waals surface area contributed by atoms with Crippen LogP contribution in [-0.2, 0) is 66.7 Å². The van der Waals surface area contributed by atoms with Crippen LogP contribution < -0.4 is 4.74 Å². The summed E-state index contributed by atoms with van der Waals surface area (Å²) in [5.74, 6) is -8.00. The first-order valence-corrected chi connectivity index (χ1v) is 16.2. The van der Waals surface area contributed by atoms with Gasteiger partial charge in [-0.1, -0.05) is 36.7 Å². The molecule has 16 nitrogen and oxygen atoms in total. The zero-order valence-corrected chi connectivity index (χ0v) is 30.7. The highest BCUT2D eigenvalue weighted by Gasteiger charge is 2.32. The summed E-state index contributed by atoms with van der Waals surface area (Å²) in [5, 5.41) is -0.241. The Morgan fingerprint density at radius 2 is 0.961 bits per heavy atom. The lowest BCUT2D eigenvalue weighted by Crippen LogP contribution is -2.39. The Hall–Kier alpha value is -4.70. The zero-order chi connectivity index (χ0) is 39.2. The van der Waals surface area contributed by atoms with Gasteiger partial charge in [-0.25, -0.2) is 33.6 Å². The van der Waals surface area contributed by atoms with Gasteiger partial charge in [0.1, 0.15) is 10.8 Å². The normalized spacial score (nSPS) is 14.2. The van der Waals surface area contributed by atoms with Gasteiger partial charge in [0.2, 0.25) is 0 Å². The van der Waals surface area contributed by atoms with Crippen LogP contribution in [0.4, 0.5) is 0 Å². The Labute approximate surface area is 303 Å². The molecule has 0 heterocycles. The van der Waals surface area contributed by atoms with Gasteiger partial charge in [0.25, 0.3) is 0 Å². The second kappa shape index (κ2) is 20.8. The topological polar surface area (TPSA) is 210 Å². The SMILES string of the molecule is C=C(CC)C(=O)c1ccc(OCC(=O)O[C@@H](C)C(=O)O[C@@H](C)C(=O)O[C@@H](C)C(=O)O[C@@H](C)C(=O)O[C@@H](C)C(=O)O[C@@H](C)C(=O)OCC)c(Cl)c1Cl. The predicted octanol–water partition coefficient (Wildman–Crippen LogP) is 3.67. The number of ether oxygens (including phenoxy) is 8. The molecule has 0 amide bonds. The van der Waals surface area contributed by atoms with Crippen LogP contribution in [-0.4, -0.2) is 97.4 Å². The summed E-state index contributed by atoms with van der Waals surface area (Å²) in [5.41, 5.74) is 0.415. The van der Waals surface area contributed by atoms with Crippen molar-refractivity contribution >= 4 is 70.8 Å². The molecule has 0 N–H and O–H groups in total. The minimum absolute atomic E-state index is 0.0421. The van der Waals surface area contributed by atoms with Crippen LogP contribution in [0, 0.1) is 0 Å². The van der Waals surface area contributed by atoms with Crippen molar-refractivity contribution < 1.29 is 76.3 Å². The van der Waals surface area contributed by atoms with E-state index in [1.165, 1.54) is 26.0 Å². The standard InChI is InChI=1S/C33H40Cl2O16/c1-10-15(3)27(37)22-12-13-23(26(35)25(22)34)45-14-24(36)46-17(5)29(39)48-19(7)31(41)50-21(9)33(43)51-20(8)32(42)49-18(6)30(40)47-16(4)28(38)44-11-2/h12-13,16-21H,3,10-11,14H2,1-2,4-9H3/t16-,17-,18-,19-,20-,21-/m0/s1. The van der Waals surface area contributed by atoms with Gasteiger partial charge < -0.3 is 37.9 Å². The van der Waals surface area contributed by atoms with Crippen LogP contribution in [0.2, 0.25) is 10.0 Å². The van der Waals surface area contributed by atoms with E-state index in [-0.39, 0.29) is 28.0 Å². The van der Waals surface area contributed by atoms with Crippen molar-refractivity contribution in [3.05, 3.63) is 39.9 Å².